The summed E-state index contributed by atoms with van der Waals surface area (Å²) in [5, 5.41) is 24.5. The van der Waals surface area contributed by atoms with Gasteiger partial charge in [0.05, 0.1) is 12.3 Å². The molecule has 2 atom stereocenters. The molecule has 2 amide bonds. The van der Waals surface area contributed by atoms with E-state index in [1.54, 1.807) is 17.2 Å². The minimum absolute atomic E-state index is 0.150. The van der Waals surface area contributed by atoms with Crippen LogP contribution in [-0.4, -0.2) is 57.0 Å². The number of aliphatic hydroxyl groups excluding tert-OH is 1. The SMILES string of the molecule is O=C(Nc1cccc(C(O)NCC2CCCO2)c1)N1CCc2c(cnc3[nH]ncc23)C1. The molecule has 162 valence electrons. The van der Waals surface area contributed by atoms with Crippen LogP contribution in [0.1, 0.15) is 35.8 Å². The summed E-state index contributed by atoms with van der Waals surface area (Å²) in [5.41, 5.74) is 4.36. The number of urea groups is 1. The molecular weight excluding hydrogens is 396 g/mol. The van der Waals surface area contributed by atoms with Gasteiger partial charge in [-0.2, -0.15) is 5.10 Å². The summed E-state index contributed by atoms with van der Waals surface area (Å²) < 4.78 is 5.58. The van der Waals surface area contributed by atoms with Gasteiger partial charge in [0.15, 0.2) is 5.65 Å². The highest BCUT2D eigenvalue weighted by Crippen LogP contribution is 2.25. The van der Waals surface area contributed by atoms with E-state index in [1.165, 1.54) is 5.56 Å². The van der Waals surface area contributed by atoms with E-state index in [2.05, 4.69) is 25.8 Å². The Labute approximate surface area is 179 Å². The van der Waals surface area contributed by atoms with Crippen LogP contribution in [0.4, 0.5) is 10.5 Å². The number of amides is 2. The van der Waals surface area contributed by atoms with E-state index in [4.69, 9.17) is 4.74 Å². The second kappa shape index (κ2) is 8.62. The lowest BCUT2D eigenvalue weighted by atomic mass is 9.99. The van der Waals surface area contributed by atoms with Crippen molar-refractivity contribution in [2.45, 2.75) is 38.1 Å². The summed E-state index contributed by atoms with van der Waals surface area (Å²) in [7, 11) is 0. The van der Waals surface area contributed by atoms with Crippen LogP contribution >= 0.6 is 0 Å². The van der Waals surface area contributed by atoms with Crippen LogP contribution < -0.4 is 10.6 Å². The minimum atomic E-state index is -0.814. The fourth-order valence-electron chi connectivity index (χ4n) is 4.28. The number of aliphatic hydroxyl groups is 1. The number of aromatic nitrogens is 3. The number of fused-ring (bicyclic) bond motifs is 3. The standard InChI is InChI=1S/C22H26N6O3/c29-21(24-11-17-5-2-8-31-17)14-3-1-4-16(9-14)26-22(30)28-7-6-18-15(13-28)10-23-20-19(18)12-25-27-20/h1,3-4,9-10,12,17,21,24,29H,2,5-8,11,13H2,(H,26,30)(H,23,25,27). The number of H-pyrrole nitrogens is 1. The van der Waals surface area contributed by atoms with E-state index >= 15 is 0 Å². The summed E-state index contributed by atoms with van der Waals surface area (Å²) in [6.45, 7) is 2.51. The zero-order valence-electron chi connectivity index (χ0n) is 17.2. The quantitative estimate of drug-likeness (QED) is 0.469. The van der Waals surface area contributed by atoms with Crippen LogP contribution in [0.3, 0.4) is 0 Å². The van der Waals surface area contributed by atoms with Crippen LogP contribution in [0.2, 0.25) is 0 Å². The summed E-state index contributed by atoms with van der Waals surface area (Å²) in [6.07, 6.45) is 5.77. The first kappa shape index (κ1) is 19.9. The topological polar surface area (TPSA) is 115 Å². The highest BCUT2D eigenvalue weighted by Gasteiger charge is 2.23. The number of nitrogens with zero attached hydrogens (tertiary/aromatic N) is 3. The van der Waals surface area contributed by atoms with Crippen LogP contribution in [0.25, 0.3) is 11.0 Å². The second-order valence-corrected chi connectivity index (χ2v) is 8.07. The van der Waals surface area contributed by atoms with Crippen LogP contribution in [0.5, 0.6) is 0 Å². The van der Waals surface area contributed by atoms with Crippen LogP contribution in [-0.2, 0) is 17.7 Å². The molecule has 0 spiro atoms. The third kappa shape index (κ3) is 4.25. The van der Waals surface area contributed by atoms with E-state index in [1.807, 2.05) is 24.4 Å². The summed E-state index contributed by atoms with van der Waals surface area (Å²) in [6, 6.07) is 7.11. The van der Waals surface area contributed by atoms with Gasteiger partial charge in [-0.05, 0) is 48.1 Å². The maximum absolute atomic E-state index is 12.9. The smallest absolute Gasteiger partial charge is 0.322 e. The number of hydrogen-bond donors (Lipinski definition) is 4. The largest absolute Gasteiger partial charge is 0.377 e. The Kier molecular flexibility index (Phi) is 5.54. The molecule has 0 radical (unpaired) electrons. The maximum Gasteiger partial charge on any atom is 0.322 e. The lowest BCUT2D eigenvalue weighted by molar-refractivity contribution is 0.0778. The summed E-state index contributed by atoms with van der Waals surface area (Å²) in [5.74, 6) is 0. The van der Waals surface area contributed by atoms with Gasteiger partial charge in [0.25, 0.3) is 0 Å². The molecule has 9 nitrogen and oxygen atoms in total. The monoisotopic (exact) mass is 422 g/mol. The Morgan fingerprint density at radius 1 is 1.39 bits per heavy atom. The molecule has 1 aromatic carbocycles. The fourth-order valence-corrected chi connectivity index (χ4v) is 4.28. The number of hydrogen-bond acceptors (Lipinski definition) is 6. The number of rotatable bonds is 5. The maximum atomic E-state index is 12.9. The first-order valence-corrected chi connectivity index (χ1v) is 10.7. The second-order valence-electron chi connectivity index (χ2n) is 8.07. The Bertz CT molecular complexity index is 1080. The number of ether oxygens (including phenoxy) is 1. The van der Waals surface area contributed by atoms with Gasteiger partial charge in [-0.25, -0.2) is 9.78 Å². The lowest BCUT2D eigenvalue weighted by Crippen LogP contribution is -2.39. The average Bonchev–Trinajstić information content (AvgIpc) is 3.49. The Morgan fingerprint density at radius 2 is 2.32 bits per heavy atom. The molecule has 2 unspecified atom stereocenters. The van der Waals surface area contributed by atoms with E-state index in [9.17, 15) is 9.90 Å². The van der Waals surface area contributed by atoms with Crippen LogP contribution in [0.15, 0.2) is 36.7 Å². The highest BCUT2D eigenvalue weighted by atomic mass is 16.5. The van der Waals surface area contributed by atoms with Gasteiger partial charge in [-0.1, -0.05) is 12.1 Å². The van der Waals surface area contributed by atoms with Crippen molar-refractivity contribution in [3.8, 4) is 0 Å². The van der Waals surface area contributed by atoms with Gasteiger partial charge in [0.2, 0.25) is 0 Å². The van der Waals surface area contributed by atoms with Gasteiger partial charge in [-0.3, -0.25) is 10.4 Å². The van der Waals surface area contributed by atoms with Gasteiger partial charge < -0.3 is 20.1 Å². The van der Waals surface area contributed by atoms with Gasteiger partial charge in [0.1, 0.15) is 6.23 Å². The molecule has 2 aromatic heterocycles. The molecule has 1 fully saturated rings. The van der Waals surface area contributed by atoms with Crippen molar-refractivity contribution in [2.75, 3.05) is 25.0 Å². The molecule has 0 bridgehead atoms. The molecule has 31 heavy (non-hydrogen) atoms. The van der Waals surface area contributed by atoms with Crippen molar-refractivity contribution in [1.29, 1.82) is 0 Å². The van der Waals surface area contributed by atoms with E-state index < -0.39 is 6.23 Å². The number of pyridine rings is 1. The van der Waals surface area contributed by atoms with Crippen LogP contribution in [0, 0.1) is 0 Å². The molecular formula is C22H26N6O3. The third-order valence-corrected chi connectivity index (χ3v) is 5.98. The summed E-state index contributed by atoms with van der Waals surface area (Å²) >= 11 is 0. The molecule has 2 aliphatic heterocycles. The zero-order chi connectivity index (χ0) is 21.2. The number of carbonyl (C=O) groups excluding carboxylic acids is 1. The van der Waals surface area contributed by atoms with Crippen molar-refractivity contribution < 1.29 is 14.6 Å². The zero-order valence-corrected chi connectivity index (χ0v) is 17.2. The van der Waals surface area contributed by atoms with Gasteiger partial charge >= 0.3 is 6.03 Å². The highest BCUT2D eigenvalue weighted by molar-refractivity contribution is 5.90. The number of aromatic amines is 1. The summed E-state index contributed by atoms with van der Waals surface area (Å²) in [4.78, 5) is 19.0. The van der Waals surface area contributed by atoms with E-state index in [-0.39, 0.29) is 12.1 Å². The van der Waals surface area contributed by atoms with Crippen molar-refractivity contribution >= 4 is 22.8 Å². The minimum Gasteiger partial charge on any atom is -0.377 e. The molecule has 4 N–H and O–H groups in total. The molecule has 9 heteroatoms. The van der Waals surface area contributed by atoms with E-state index in [0.717, 1.165) is 42.5 Å². The Morgan fingerprint density at radius 3 is 3.19 bits per heavy atom. The fraction of sp³-hybridized carbons (Fsp3) is 0.409. The first-order chi connectivity index (χ1) is 15.2. The lowest BCUT2D eigenvalue weighted by Gasteiger charge is -2.29. The van der Waals surface area contributed by atoms with Crippen molar-refractivity contribution in [2.24, 2.45) is 0 Å². The number of benzene rings is 1. The van der Waals surface area contributed by atoms with Gasteiger partial charge in [-0.15, -0.1) is 0 Å². The normalized spacial score (nSPS) is 19.4. The molecule has 2 aliphatic rings. The Hall–Kier alpha value is -3.01. The van der Waals surface area contributed by atoms with Crippen molar-refractivity contribution in [3.63, 3.8) is 0 Å². The van der Waals surface area contributed by atoms with Crippen molar-refractivity contribution in [1.82, 2.24) is 25.4 Å². The molecule has 4 heterocycles. The molecule has 1 saturated heterocycles. The molecule has 5 rings (SSSR count). The number of nitrogens with one attached hydrogen (secondary N) is 3. The van der Waals surface area contributed by atoms with Gasteiger partial charge in [0, 0.05) is 43.5 Å². The number of carbonyl (C=O) groups is 1. The molecule has 0 saturated carbocycles. The predicted octanol–water partition coefficient (Wildman–Crippen LogP) is 2.31. The molecule has 3 aromatic rings. The van der Waals surface area contributed by atoms with E-state index in [0.29, 0.717) is 30.9 Å². The first-order valence-electron chi connectivity index (χ1n) is 10.7. The Balaban J connectivity index is 1.21. The number of anilines is 1. The van der Waals surface area contributed by atoms with Crippen molar-refractivity contribution in [3.05, 3.63) is 53.3 Å². The molecule has 0 aliphatic carbocycles. The average molecular weight is 422 g/mol. The predicted molar refractivity (Wildman–Crippen MR) is 115 cm³/mol. The third-order valence-electron chi connectivity index (χ3n) is 5.98.